The summed E-state index contributed by atoms with van der Waals surface area (Å²) in [4.78, 5) is 17.1. The molecule has 1 saturated heterocycles. The van der Waals surface area contributed by atoms with E-state index < -0.39 is 0 Å². The molecular formula is C19H24BrN3O2. The summed E-state index contributed by atoms with van der Waals surface area (Å²) in [6.07, 6.45) is 0. The van der Waals surface area contributed by atoms with Gasteiger partial charge in [-0.05, 0) is 47.6 Å². The van der Waals surface area contributed by atoms with Gasteiger partial charge in [-0.25, -0.2) is 0 Å². The van der Waals surface area contributed by atoms with Crippen molar-refractivity contribution >= 4 is 21.8 Å². The van der Waals surface area contributed by atoms with E-state index in [1.165, 1.54) is 11.1 Å². The van der Waals surface area contributed by atoms with Gasteiger partial charge < -0.3 is 14.6 Å². The number of nitrogens with zero attached hydrogens (tertiary/aromatic N) is 2. The van der Waals surface area contributed by atoms with Gasteiger partial charge in [0.15, 0.2) is 10.4 Å². The molecule has 134 valence electrons. The van der Waals surface area contributed by atoms with Crippen LogP contribution in [0.25, 0.3) is 0 Å². The minimum Gasteiger partial charge on any atom is -0.444 e. The molecule has 0 bridgehead atoms. The molecule has 0 spiro atoms. The van der Waals surface area contributed by atoms with E-state index in [4.69, 9.17) is 4.42 Å². The molecule has 2 heterocycles. The highest BCUT2D eigenvalue weighted by molar-refractivity contribution is 9.10. The summed E-state index contributed by atoms with van der Waals surface area (Å²) >= 11 is 3.23. The van der Waals surface area contributed by atoms with Crippen molar-refractivity contribution in [3.8, 4) is 0 Å². The fourth-order valence-corrected chi connectivity index (χ4v) is 3.40. The summed E-state index contributed by atoms with van der Waals surface area (Å²) in [6, 6.07) is 12.1. The SMILES string of the molecule is Cc1ccc([C@H](CNC(=O)c2ccc(Br)o2)N2CCN(C)CC2)cc1. The Kier molecular flexibility index (Phi) is 5.93. The number of benzene rings is 1. The lowest BCUT2D eigenvalue weighted by Gasteiger charge is -2.38. The average Bonchev–Trinajstić information content (AvgIpc) is 3.04. The lowest BCUT2D eigenvalue weighted by molar-refractivity contribution is 0.0862. The molecule has 1 fully saturated rings. The Morgan fingerprint density at radius 1 is 1.16 bits per heavy atom. The largest absolute Gasteiger partial charge is 0.444 e. The van der Waals surface area contributed by atoms with Gasteiger partial charge in [0.2, 0.25) is 0 Å². The molecule has 2 aromatic rings. The molecule has 1 amide bonds. The number of piperazine rings is 1. The third-order valence-electron chi connectivity index (χ3n) is 4.69. The summed E-state index contributed by atoms with van der Waals surface area (Å²) in [5.74, 6) is 0.143. The van der Waals surface area contributed by atoms with Crippen LogP contribution in [0.2, 0.25) is 0 Å². The van der Waals surface area contributed by atoms with Crippen LogP contribution in [0.1, 0.15) is 27.7 Å². The first kappa shape index (κ1) is 18.2. The van der Waals surface area contributed by atoms with Crippen LogP contribution in [0.3, 0.4) is 0 Å². The van der Waals surface area contributed by atoms with Gasteiger partial charge in [0.25, 0.3) is 5.91 Å². The minimum absolute atomic E-state index is 0.164. The maximum absolute atomic E-state index is 12.3. The second kappa shape index (κ2) is 8.17. The van der Waals surface area contributed by atoms with Crippen LogP contribution < -0.4 is 5.32 Å². The predicted octanol–water partition coefficient (Wildman–Crippen LogP) is 3.07. The fraction of sp³-hybridized carbons (Fsp3) is 0.421. The molecule has 0 aliphatic carbocycles. The number of amides is 1. The number of nitrogens with one attached hydrogen (secondary N) is 1. The molecule has 1 aliphatic heterocycles. The molecule has 1 aromatic carbocycles. The number of hydrogen-bond acceptors (Lipinski definition) is 4. The Morgan fingerprint density at radius 3 is 2.44 bits per heavy atom. The first-order valence-corrected chi connectivity index (χ1v) is 9.35. The van der Waals surface area contributed by atoms with Crippen molar-refractivity contribution in [1.82, 2.24) is 15.1 Å². The molecule has 1 aromatic heterocycles. The monoisotopic (exact) mass is 405 g/mol. The molecule has 3 rings (SSSR count). The topological polar surface area (TPSA) is 48.7 Å². The molecule has 5 nitrogen and oxygen atoms in total. The number of hydrogen-bond donors (Lipinski definition) is 1. The van der Waals surface area contributed by atoms with Gasteiger partial charge in [-0.3, -0.25) is 9.69 Å². The highest BCUT2D eigenvalue weighted by atomic mass is 79.9. The maximum atomic E-state index is 12.3. The third kappa shape index (κ3) is 4.71. The van der Waals surface area contributed by atoms with Crippen LogP contribution in [0.15, 0.2) is 45.5 Å². The molecule has 0 unspecified atom stereocenters. The lowest BCUT2D eigenvalue weighted by atomic mass is 10.0. The van der Waals surface area contributed by atoms with Crippen molar-refractivity contribution in [3.05, 3.63) is 58.0 Å². The van der Waals surface area contributed by atoms with E-state index in [0.29, 0.717) is 17.0 Å². The molecule has 0 radical (unpaired) electrons. The number of carbonyl (C=O) groups excluding carboxylic acids is 1. The number of furan rings is 1. The van der Waals surface area contributed by atoms with E-state index in [1.807, 2.05) is 0 Å². The van der Waals surface area contributed by atoms with Crippen LogP contribution in [0.4, 0.5) is 0 Å². The van der Waals surface area contributed by atoms with E-state index in [0.717, 1.165) is 26.2 Å². The Bertz CT molecular complexity index is 706. The van der Waals surface area contributed by atoms with Crippen molar-refractivity contribution in [2.75, 3.05) is 39.8 Å². The molecule has 25 heavy (non-hydrogen) atoms. The highest BCUT2D eigenvalue weighted by Gasteiger charge is 2.25. The smallest absolute Gasteiger partial charge is 0.287 e. The Hall–Kier alpha value is -1.63. The Labute approximate surface area is 157 Å². The Morgan fingerprint density at radius 2 is 1.84 bits per heavy atom. The zero-order valence-corrected chi connectivity index (χ0v) is 16.3. The summed E-state index contributed by atoms with van der Waals surface area (Å²) in [6.45, 7) is 6.73. The van der Waals surface area contributed by atoms with Gasteiger partial charge in [-0.1, -0.05) is 29.8 Å². The van der Waals surface area contributed by atoms with Crippen molar-refractivity contribution in [2.45, 2.75) is 13.0 Å². The maximum Gasteiger partial charge on any atom is 0.287 e. The van der Waals surface area contributed by atoms with Crippen LogP contribution >= 0.6 is 15.9 Å². The van der Waals surface area contributed by atoms with Gasteiger partial charge in [0.1, 0.15) is 0 Å². The second-order valence-electron chi connectivity index (χ2n) is 6.58. The fourth-order valence-electron chi connectivity index (χ4n) is 3.09. The first-order chi connectivity index (χ1) is 12.0. The average molecular weight is 406 g/mol. The Balaban J connectivity index is 1.71. The van der Waals surface area contributed by atoms with Crippen molar-refractivity contribution < 1.29 is 9.21 Å². The summed E-state index contributed by atoms with van der Waals surface area (Å²) < 4.78 is 5.90. The standard InChI is InChI=1S/C19H24BrN3O2/c1-14-3-5-15(6-4-14)16(23-11-9-22(2)10-12-23)13-21-19(24)17-7-8-18(20)25-17/h3-8,16H,9-13H2,1-2H3,(H,21,24)/t16-/m0/s1. The van der Waals surface area contributed by atoms with Gasteiger partial charge in [0, 0.05) is 32.7 Å². The quantitative estimate of drug-likeness (QED) is 0.830. The third-order valence-corrected chi connectivity index (χ3v) is 5.12. The summed E-state index contributed by atoms with van der Waals surface area (Å²) in [5, 5.41) is 3.03. The van der Waals surface area contributed by atoms with Crippen molar-refractivity contribution in [2.24, 2.45) is 0 Å². The van der Waals surface area contributed by atoms with E-state index >= 15 is 0 Å². The zero-order chi connectivity index (χ0) is 17.8. The molecule has 1 atom stereocenters. The molecule has 6 heteroatoms. The van der Waals surface area contributed by atoms with Crippen LogP contribution in [0.5, 0.6) is 0 Å². The van der Waals surface area contributed by atoms with E-state index in [9.17, 15) is 4.79 Å². The summed E-state index contributed by atoms with van der Waals surface area (Å²) in [7, 11) is 2.15. The van der Waals surface area contributed by atoms with E-state index in [-0.39, 0.29) is 11.9 Å². The summed E-state index contributed by atoms with van der Waals surface area (Å²) in [5.41, 5.74) is 2.47. The number of halogens is 1. The first-order valence-electron chi connectivity index (χ1n) is 8.55. The van der Waals surface area contributed by atoms with Crippen LogP contribution in [0, 0.1) is 6.92 Å². The predicted molar refractivity (Wildman–Crippen MR) is 102 cm³/mol. The highest BCUT2D eigenvalue weighted by Crippen LogP contribution is 2.22. The number of aryl methyl sites for hydroxylation is 1. The lowest BCUT2D eigenvalue weighted by Crippen LogP contribution is -2.48. The zero-order valence-electron chi connectivity index (χ0n) is 14.7. The molecule has 1 aliphatic rings. The number of likely N-dealkylation sites (N-methyl/N-ethyl adjacent to an activating group) is 1. The molecular weight excluding hydrogens is 382 g/mol. The van der Waals surface area contributed by atoms with Gasteiger partial charge in [-0.2, -0.15) is 0 Å². The number of rotatable bonds is 5. The van der Waals surface area contributed by atoms with Crippen molar-refractivity contribution in [1.29, 1.82) is 0 Å². The second-order valence-corrected chi connectivity index (χ2v) is 7.36. The van der Waals surface area contributed by atoms with Crippen molar-refractivity contribution in [3.63, 3.8) is 0 Å². The van der Waals surface area contributed by atoms with E-state index in [1.54, 1.807) is 12.1 Å². The van der Waals surface area contributed by atoms with Crippen LogP contribution in [-0.2, 0) is 0 Å². The van der Waals surface area contributed by atoms with Crippen LogP contribution in [-0.4, -0.2) is 55.5 Å². The number of carbonyl (C=O) groups is 1. The van der Waals surface area contributed by atoms with Gasteiger partial charge >= 0.3 is 0 Å². The molecule has 1 N–H and O–H groups in total. The normalized spacial score (nSPS) is 17.4. The van der Waals surface area contributed by atoms with Gasteiger partial charge in [-0.15, -0.1) is 0 Å². The van der Waals surface area contributed by atoms with E-state index in [2.05, 4.69) is 69.3 Å². The molecule has 0 saturated carbocycles. The minimum atomic E-state index is -0.183. The van der Waals surface area contributed by atoms with Gasteiger partial charge in [0.05, 0.1) is 6.04 Å².